The molecule has 0 aliphatic heterocycles. The van der Waals surface area contributed by atoms with Gasteiger partial charge in [0.05, 0.1) is 16.9 Å². The molecule has 0 amide bonds. The van der Waals surface area contributed by atoms with Crippen molar-refractivity contribution < 1.29 is 20.1 Å². The van der Waals surface area contributed by atoms with Crippen LogP contribution in [0.15, 0.2) is 58.8 Å². The van der Waals surface area contributed by atoms with Gasteiger partial charge >= 0.3 is 5.97 Å². The third kappa shape index (κ3) is 3.18. The predicted molar refractivity (Wildman–Crippen MR) is 89.2 cm³/mol. The molecule has 0 bridgehead atoms. The van der Waals surface area contributed by atoms with Crippen LogP contribution in [0, 0.1) is 6.92 Å². The molecule has 0 saturated carbocycles. The van der Waals surface area contributed by atoms with Gasteiger partial charge in [-0.2, -0.15) is 9.78 Å². The zero-order chi connectivity index (χ0) is 18.0. The van der Waals surface area contributed by atoms with Crippen LogP contribution >= 0.6 is 0 Å². The van der Waals surface area contributed by atoms with Gasteiger partial charge in [0.1, 0.15) is 11.4 Å². The van der Waals surface area contributed by atoms with E-state index in [2.05, 4.69) is 15.3 Å². The normalized spacial score (nSPS) is 11.1. The van der Waals surface area contributed by atoms with Crippen molar-refractivity contribution in [3.8, 4) is 17.3 Å². The Kier molecular flexibility index (Phi) is 4.17. The number of para-hydroxylation sites is 1. The molecule has 1 aromatic heterocycles. The smallest absolute Gasteiger partial charge is 0.335 e. The van der Waals surface area contributed by atoms with E-state index < -0.39 is 5.97 Å². The number of aryl methyl sites for hydroxylation is 1. The quantitative estimate of drug-likeness (QED) is 0.626. The molecule has 3 rings (SSSR count). The highest BCUT2D eigenvalue weighted by Crippen LogP contribution is 2.35. The first-order chi connectivity index (χ1) is 12.0. The lowest BCUT2D eigenvalue weighted by Crippen LogP contribution is -1.95. The summed E-state index contributed by atoms with van der Waals surface area (Å²) < 4.78 is 1.33. The third-order valence-corrected chi connectivity index (χ3v) is 3.49. The first-order valence-corrected chi connectivity index (χ1v) is 7.29. The van der Waals surface area contributed by atoms with Crippen LogP contribution < -0.4 is 0 Å². The van der Waals surface area contributed by atoms with Crippen LogP contribution in [0.2, 0.25) is 0 Å². The topological polar surface area (TPSA) is 120 Å². The monoisotopic (exact) mass is 338 g/mol. The molecule has 0 aliphatic carbocycles. The zero-order valence-corrected chi connectivity index (χ0v) is 13.2. The van der Waals surface area contributed by atoms with Gasteiger partial charge in [-0.25, -0.2) is 4.79 Å². The second kappa shape index (κ2) is 6.44. The molecule has 126 valence electrons. The van der Waals surface area contributed by atoms with Crippen molar-refractivity contribution in [2.45, 2.75) is 6.92 Å². The standard InChI is InChI=1S/C17H14N4O4/c1-10-15(16(23)21(20-10)12-5-3-2-4-6-12)19-18-13-8-7-11(17(24)25)9-14(13)22/h2-9,22-23H,1H3,(H,24,25)/b19-18+. The summed E-state index contributed by atoms with van der Waals surface area (Å²) in [7, 11) is 0. The van der Waals surface area contributed by atoms with Crippen LogP contribution in [-0.2, 0) is 0 Å². The highest BCUT2D eigenvalue weighted by atomic mass is 16.4. The lowest BCUT2D eigenvalue weighted by molar-refractivity contribution is 0.0696. The minimum atomic E-state index is -1.16. The number of nitrogens with zero attached hydrogens (tertiary/aromatic N) is 4. The van der Waals surface area contributed by atoms with Crippen molar-refractivity contribution in [3.63, 3.8) is 0 Å². The van der Waals surface area contributed by atoms with Gasteiger partial charge in [0.2, 0.25) is 5.88 Å². The Hall–Kier alpha value is -3.68. The summed E-state index contributed by atoms with van der Waals surface area (Å²) in [6, 6.07) is 12.8. The Morgan fingerprint density at radius 1 is 1.08 bits per heavy atom. The predicted octanol–water partition coefficient (Wildman–Crippen LogP) is 3.71. The van der Waals surface area contributed by atoms with Crippen molar-refractivity contribution in [2.24, 2.45) is 10.2 Å². The van der Waals surface area contributed by atoms with E-state index in [1.54, 1.807) is 19.1 Å². The van der Waals surface area contributed by atoms with E-state index in [9.17, 15) is 15.0 Å². The lowest BCUT2D eigenvalue weighted by Gasteiger charge is -2.02. The van der Waals surface area contributed by atoms with Gasteiger partial charge in [-0.3, -0.25) is 0 Å². The number of aromatic carboxylic acids is 1. The molecule has 1 heterocycles. The molecule has 0 saturated heterocycles. The number of hydrogen-bond acceptors (Lipinski definition) is 6. The fourth-order valence-corrected chi connectivity index (χ4v) is 2.22. The maximum Gasteiger partial charge on any atom is 0.335 e. The average molecular weight is 338 g/mol. The molecule has 0 spiro atoms. The van der Waals surface area contributed by atoms with E-state index in [0.29, 0.717) is 11.4 Å². The number of carbonyl (C=O) groups is 1. The Bertz CT molecular complexity index is 964. The third-order valence-electron chi connectivity index (χ3n) is 3.49. The Balaban J connectivity index is 1.95. The number of carboxylic acids is 1. The van der Waals surface area contributed by atoms with Gasteiger partial charge in [-0.1, -0.05) is 18.2 Å². The number of carboxylic acid groups (broad SMARTS) is 1. The molecular weight excluding hydrogens is 324 g/mol. The SMILES string of the molecule is Cc1nn(-c2ccccc2)c(O)c1/N=N/c1ccc(C(=O)O)cc1O. The van der Waals surface area contributed by atoms with E-state index in [-0.39, 0.29) is 28.6 Å². The molecule has 8 nitrogen and oxygen atoms in total. The van der Waals surface area contributed by atoms with Crippen LogP contribution in [0.25, 0.3) is 5.69 Å². The van der Waals surface area contributed by atoms with Gasteiger partial charge in [0.15, 0.2) is 5.69 Å². The van der Waals surface area contributed by atoms with Crippen LogP contribution in [0.4, 0.5) is 11.4 Å². The van der Waals surface area contributed by atoms with Crippen LogP contribution in [-0.4, -0.2) is 31.1 Å². The van der Waals surface area contributed by atoms with Crippen LogP contribution in [0.5, 0.6) is 11.6 Å². The molecule has 3 aromatic rings. The molecule has 25 heavy (non-hydrogen) atoms. The molecule has 0 radical (unpaired) electrons. The average Bonchev–Trinajstić information content (AvgIpc) is 2.89. The minimum Gasteiger partial charge on any atom is -0.506 e. The summed E-state index contributed by atoms with van der Waals surface area (Å²) >= 11 is 0. The maximum atomic E-state index is 10.9. The number of rotatable bonds is 4. The first-order valence-electron chi connectivity index (χ1n) is 7.29. The Morgan fingerprint density at radius 3 is 2.44 bits per heavy atom. The van der Waals surface area contributed by atoms with Crippen molar-refractivity contribution in [2.75, 3.05) is 0 Å². The second-order valence-electron chi connectivity index (χ2n) is 5.21. The number of azo groups is 1. The maximum absolute atomic E-state index is 10.9. The highest BCUT2D eigenvalue weighted by Gasteiger charge is 2.15. The van der Waals surface area contributed by atoms with Gasteiger partial charge in [-0.15, -0.1) is 10.2 Å². The second-order valence-corrected chi connectivity index (χ2v) is 5.21. The van der Waals surface area contributed by atoms with Crippen molar-refractivity contribution in [1.29, 1.82) is 0 Å². The lowest BCUT2D eigenvalue weighted by atomic mass is 10.2. The molecule has 3 N–H and O–H groups in total. The summed E-state index contributed by atoms with van der Waals surface area (Å²) in [6.07, 6.45) is 0. The fourth-order valence-electron chi connectivity index (χ4n) is 2.22. The summed E-state index contributed by atoms with van der Waals surface area (Å²) in [5.74, 6) is -1.67. The summed E-state index contributed by atoms with van der Waals surface area (Å²) in [5.41, 5.74) is 1.29. The van der Waals surface area contributed by atoms with Crippen LogP contribution in [0.1, 0.15) is 16.1 Å². The van der Waals surface area contributed by atoms with Crippen molar-refractivity contribution in [1.82, 2.24) is 9.78 Å². The highest BCUT2D eigenvalue weighted by molar-refractivity contribution is 5.88. The Labute approximate surface area is 142 Å². The Morgan fingerprint density at radius 2 is 1.80 bits per heavy atom. The van der Waals surface area contributed by atoms with E-state index in [4.69, 9.17) is 5.11 Å². The molecule has 0 atom stereocenters. The van der Waals surface area contributed by atoms with Gasteiger partial charge < -0.3 is 15.3 Å². The van der Waals surface area contributed by atoms with Gasteiger partial charge in [0, 0.05) is 0 Å². The van der Waals surface area contributed by atoms with E-state index >= 15 is 0 Å². The van der Waals surface area contributed by atoms with E-state index in [1.165, 1.54) is 16.8 Å². The molecule has 0 aliphatic rings. The molecule has 0 unspecified atom stereocenters. The first kappa shape index (κ1) is 16.2. The van der Waals surface area contributed by atoms with Crippen LogP contribution in [0.3, 0.4) is 0 Å². The summed E-state index contributed by atoms with van der Waals surface area (Å²) in [4.78, 5) is 10.9. The number of phenolic OH excluding ortho intramolecular Hbond substituents is 1. The molecular formula is C17H14N4O4. The summed E-state index contributed by atoms with van der Waals surface area (Å²) in [5, 5.41) is 41.1. The number of hydrogen-bond donors (Lipinski definition) is 3. The fraction of sp³-hybridized carbons (Fsp3) is 0.0588. The molecule has 0 fully saturated rings. The number of aromatic nitrogens is 2. The number of aromatic hydroxyl groups is 2. The minimum absolute atomic E-state index is 0.0626. The van der Waals surface area contributed by atoms with Gasteiger partial charge in [0.25, 0.3) is 0 Å². The van der Waals surface area contributed by atoms with E-state index in [1.807, 2.05) is 18.2 Å². The van der Waals surface area contributed by atoms with Gasteiger partial charge in [-0.05, 0) is 37.3 Å². The molecule has 8 heteroatoms. The number of benzene rings is 2. The largest absolute Gasteiger partial charge is 0.506 e. The number of phenols is 1. The van der Waals surface area contributed by atoms with E-state index in [0.717, 1.165) is 6.07 Å². The zero-order valence-electron chi connectivity index (χ0n) is 13.2. The van der Waals surface area contributed by atoms with Crippen molar-refractivity contribution >= 4 is 17.3 Å². The molecule has 2 aromatic carbocycles. The summed E-state index contributed by atoms with van der Waals surface area (Å²) in [6.45, 7) is 1.67. The van der Waals surface area contributed by atoms with Crippen molar-refractivity contribution in [3.05, 3.63) is 59.8 Å².